The molecule has 0 aromatic heterocycles. The van der Waals surface area contributed by atoms with E-state index < -0.39 is 0 Å². The Balaban J connectivity index is 2.07. The molecule has 0 amide bonds. The molecule has 2 heteroatoms. The molecular weight excluding hydrogens is 152 g/mol. The molecule has 12 heavy (non-hydrogen) atoms. The van der Waals surface area contributed by atoms with Crippen molar-refractivity contribution in [1.82, 2.24) is 0 Å². The second-order valence-electron chi connectivity index (χ2n) is 3.86. The number of hydrogen-bond acceptors (Lipinski definition) is 2. The van der Waals surface area contributed by atoms with Crippen molar-refractivity contribution in [1.29, 1.82) is 0 Å². The molecule has 70 valence electrons. The maximum Gasteiger partial charge on any atom is 0.171 e. The molecule has 1 saturated heterocycles. The lowest BCUT2D eigenvalue weighted by Gasteiger charge is -2.38. The summed E-state index contributed by atoms with van der Waals surface area (Å²) in [5.74, 6) is 0.487. The molecule has 1 aliphatic heterocycles. The van der Waals surface area contributed by atoms with E-state index in [4.69, 9.17) is 9.47 Å². The molecule has 0 radical (unpaired) electrons. The first kappa shape index (κ1) is 8.52. The third kappa shape index (κ3) is 1.27. The number of rotatable bonds is 1. The fraction of sp³-hybridized carbons (Fsp3) is 1.00. The predicted octanol–water partition coefficient (Wildman–Crippen LogP) is 2.33. The van der Waals surface area contributed by atoms with Gasteiger partial charge in [0.2, 0.25) is 0 Å². The quantitative estimate of drug-likeness (QED) is 0.601. The van der Waals surface area contributed by atoms with Crippen LogP contribution in [0.2, 0.25) is 0 Å². The van der Waals surface area contributed by atoms with Gasteiger partial charge < -0.3 is 9.47 Å². The maximum atomic E-state index is 5.76. The fourth-order valence-corrected chi connectivity index (χ4v) is 2.55. The van der Waals surface area contributed by atoms with Gasteiger partial charge in [-0.25, -0.2) is 0 Å². The summed E-state index contributed by atoms with van der Waals surface area (Å²) >= 11 is 0. The predicted molar refractivity (Wildman–Crippen MR) is 46.9 cm³/mol. The molecule has 0 aromatic carbocycles. The lowest BCUT2D eigenvalue weighted by atomic mass is 9.81. The third-order valence-electron chi connectivity index (χ3n) is 3.22. The zero-order valence-electron chi connectivity index (χ0n) is 7.84. The molecule has 1 atom stereocenters. The van der Waals surface area contributed by atoms with Crippen LogP contribution in [0, 0.1) is 5.92 Å². The Bertz CT molecular complexity index is 150. The molecule has 2 aliphatic rings. The van der Waals surface area contributed by atoms with Gasteiger partial charge in [0.05, 0.1) is 13.2 Å². The molecule has 0 bridgehead atoms. The van der Waals surface area contributed by atoms with Crippen LogP contribution in [-0.4, -0.2) is 19.0 Å². The summed E-state index contributed by atoms with van der Waals surface area (Å²) in [5, 5.41) is 0. The van der Waals surface area contributed by atoms with Crippen LogP contribution in [-0.2, 0) is 9.47 Å². The van der Waals surface area contributed by atoms with Crippen LogP contribution < -0.4 is 0 Å². The Hall–Kier alpha value is -0.0800. The van der Waals surface area contributed by atoms with Crippen molar-refractivity contribution in [2.45, 2.75) is 44.8 Å². The van der Waals surface area contributed by atoms with E-state index in [2.05, 4.69) is 6.92 Å². The van der Waals surface area contributed by atoms with Gasteiger partial charge in [0.25, 0.3) is 0 Å². The van der Waals surface area contributed by atoms with E-state index in [-0.39, 0.29) is 5.79 Å². The van der Waals surface area contributed by atoms with Crippen LogP contribution >= 0.6 is 0 Å². The van der Waals surface area contributed by atoms with Crippen LogP contribution in [0.15, 0.2) is 0 Å². The first-order valence-electron chi connectivity index (χ1n) is 5.15. The normalized spacial score (nSPS) is 34.2. The summed E-state index contributed by atoms with van der Waals surface area (Å²) in [6.45, 7) is 3.84. The third-order valence-corrected chi connectivity index (χ3v) is 3.22. The van der Waals surface area contributed by atoms with Crippen LogP contribution in [0.3, 0.4) is 0 Å². The molecule has 1 aliphatic carbocycles. The van der Waals surface area contributed by atoms with E-state index in [0.717, 1.165) is 19.6 Å². The van der Waals surface area contributed by atoms with Gasteiger partial charge in [-0.1, -0.05) is 13.3 Å². The first-order chi connectivity index (χ1) is 5.87. The van der Waals surface area contributed by atoms with Crippen LogP contribution in [0.5, 0.6) is 0 Å². The Morgan fingerprint density at radius 1 is 1.25 bits per heavy atom. The highest BCUT2D eigenvalue weighted by Gasteiger charge is 2.44. The van der Waals surface area contributed by atoms with Crippen molar-refractivity contribution in [2.75, 3.05) is 13.2 Å². The van der Waals surface area contributed by atoms with Gasteiger partial charge in [-0.05, 0) is 19.3 Å². The minimum Gasteiger partial charge on any atom is -0.347 e. The van der Waals surface area contributed by atoms with E-state index in [1.807, 2.05) is 0 Å². The standard InChI is InChI=1S/C10H18O2/c1-2-9-5-3-4-6-10(9)11-7-8-12-10/h9H,2-8H2,1H3. The summed E-state index contributed by atoms with van der Waals surface area (Å²) in [7, 11) is 0. The monoisotopic (exact) mass is 170 g/mol. The summed E-state index contributed by atoms with van der Waals surface area (Å²) in [5.41, 5.74) is 0. The van der Waals surface area contributed by atoms with E-state index in [1.54, 1.807) is 0 Å². The Morgan fingerprint density at radius 2 is 2.00 bits per heavy atom. The molecule has 1 unspecified atom stereocenters. The minimum atomic E-state index is -0.160. The Kier molecular flexibility index (Phi) is 2.37. The summed E-state index contributed by atoms with van der Waals surface area (Å²) < 4.78 is 11.5. The average molecular weight is 170 g/mol. The zero-order chi connectivity index (χ0) is 8.44. The van der Waals surface area contributed by atoms with Crippen molar-refractivity contribution in [3.8, 4) is 0 Å². The summed E-state index contributed by atoms with van der Waals surface area (Å²) in [6, 6.07) is 0. The summed E-state index contributed by atoms with van der Waals surface area (Å²) in [4.78, 5) is 0. The van der Waals surface area contributed by atoms with Gasteiger partial charge in [0.15, 0.2) is 5.79 Å². The topological polar surface area (TPSA) is 18.5 Å². The smallest absolute Gasteiger partial charge is 0.171 e. The second-order valence-corrected chi connectivity index (χ2v) is 3.86. The highest BCUT2D eigenvalue weighted by atomic mass is 16.7. The molecule has 2 nitrogen and oxygen atoms in total. The first-order valence-corrected chi connectivity index (χ1v) is 5.15. The largest absolute Gasteiger partial charge is 0.347 e. The highest BCUT2D eigenvalue weighted by molar-refractivity contribution is 4.85. The van der Waals surface area contributed by atoms with Crippen LogP contribution in [0.1, 0.15) is 39.0 Å². The molecule has 0 N–H and O–H groups in total. The molecule has 0 aromatic rings. The van der Waals surface area contributed by atoms with Crippen molar-refractivity contribution in [2.24, 2.45) is 5.92 Å². The van der Waals surface area contributed by atoms with Crippen LogP contribution in [0.4, 0.5) is 0 Å². The van der Waals surface area contributed by atoms with Crippen molar-refractivity contribution in [3.05, 3.63) is 0 Å². The number of hydrogen-bond donors (Lipinski definition) is 0. The van der Waals surface area contributed by atoms with Crippen molar-refractivity contribution >= 4 is 0 Å². The van der Waals surface area contributed by atoms with Gasteiger partial charge in [-0.2, -0.15) is 0 Å². The van der Waals surface area contributed by atoms with E-state index in [9.17, 15) is 0 Å². The summed E-state index contributed by atoms with van der Waals surface area (Å²) in [6.07, 6.45) is 6.23. The zero-order valence-corrected chi connectivity index (χ0v) is 7.84. The highest BCUT2D eigenvalue weighted by Crippen LogP contribution is 2.41. The molecule has 1 spiro atoms. The van der Waals surface area contributed by atoms with Crippen LogP contribution in [0.25, 0.3) is 0 Å². The fourth-order valence-electron chi connectivity index (χ4n) is 2.55. The van der Waals surface area contributed by atoms with Crippen molar-refractivity contribution in [3.63, 3.8) is 0 Å². The molecule has 1 saturated carbocycles. The van der Waals surface area contributed by atoms with E-state index >= 15 is 0 Å². The Labute approximate surface area is 74.2 Å². The van der Waals surface area contributed by atoms with Gasteiger partial charge in [0, 0.05) is 12.3 Å². The second kappa shape index (κ2) is 3.35. The van der Waals surface area contributed by atoms with Crippen molar-refractivity contribution < 1.29 is 9.47 Å². The van der Waals surface area contributed by atoms with E-state index in [1.165, 1.54) is 25.7 Å². The molecular formula is C10H18O2. The Morgan fingerprint density at radius 3 is 2.67 bits per heavy atom. The molecule has 1 heterocycles. The lowest BCUT2D eigenvalue weighted by molar-refractivity contribution is -0.212. The molecule has 2 fully saturated rings. The van der Waals surface area contributed by atoms with Gasteiger partial charge in [0.1, 0.15) is 0 Å². The SMILES string of the molecule is CCC1CCCCC12OCCO2. The van der Waals surface area contributed by atoms with E-state index in [0.29, 0.717) is 5.92 Å². The average Bonchev–Trinajstić information content (AvgIpc) is 2.55. The van der Waals surface area contributed by atoms with Gasteiger partial charge in [-0.15, -0.1) is 0 Å². The van der Waals surface area contributed by atoms with Gasteiger partial charge in [-0.3, -0.25) is 0 Å². The maximum absolute atomic E-state index is 5.76. The molecule has 2 rings (SSSR count). The number of ether oxygens (including phenoxy) is 2. The lowest BCUT2D eigenvalue weighted by Crippen LogP contribution is -2.41. The van der Waals surface area contributed by atoms with Gasteiger partial charge >= 0.3 is 0 Å². The minimum absolute atomic E-state index is 0.160.